The molecule has 0 aromatic carbocycles. The molecule has 1 saturated heterocycles. The summed E-state index contributed by atoms with van der Waals surface area (Å²) in [6, 6.07) is 2.05. The van der Waals surface area contributed by atoms with E-state index in [-0.39, 0.29) is 0 Å². The molecule has 0 spiro atoms. The van der Waals surface area contributed by atoms with Crippen LogP contribution >= 0.6 is 11.3 Å². The number of aryl methyl sites for hydroxylation is 2. The quantitative estimate of drug-likeness (QED) is 0.909. The number of piperidine rings is 1. The van der Waals surface area contributed by atoms with Gasteiger partial charge in [-0.2, -0.15) is 0 Å². The Balaban J connectivity index is 1.72. The molecule has 0 bridgehead atoms. The van der Waals surface area contributed by atoms with Gasteiger partial charge in [-0.1, -0.05) is 0 Å². The van der Waals surface area contributed by atoms with E-state index in [1.165, 1.54) is 17.7 Å². The molecule has 5 nitrogen and oxygen atoms in total. The summed E-state index contributed by atoms with van der Waals surface area (Å²) in [5.41, 5.74) is 1.12. The van der Waals surface area contributed by atoms with E-state index in [0.29, 0.717) is 5.92 Å². The highest BCUT2D eigenvalue weighted by Gasteiger charge is 2.15. The van der Waals surface area contributed by atoms with Crippen molar-refractivity contribution in [2.24, 2.45) is 5.92 Å². The number of aromatic nitrogens is 3. The van der Waals surface area contributed by atoms with Gasteiger partial charge in [0.2, 0.25) is 0 Å². The first kappa shape index (κ1) is 14.4. The Bertz CT molecular complexity index is 604. The second-order valence-electron chi connectivity index (χ2n) is 5.61. The van der Waals surface area contributed by atoms with Crippen LogP contribution in [0.3, 0.4) is 0 Å². The van der Waals surface area contributed by atoms with Gasteiger partial charge in [0.1, 0.15) is 11.6 Å². The lowest BCUT2D eigenvalue weighted by Gasteiger charge is -2.22. The predicted molar refractivity (Wildman–Crippen MR) is 86.2 cm³/mol. The molecule has 1 fully saturated rings. The molecule has 1 aliphatic heterocycles. The third kappa shape index (κ3) is 3.98. The Labute approximate surface area is 129 Å². The third-order valence-corrected chi connectivity index (χ3v) is 4.47. The summed E-state index contributed by atoms with van der Waals surface area (Å²) in [5, 5.41) is 7.63. The molecule has 2 N–H and O–H groups in total. The van der Waals surface area contributed by atoms with Gasteiger partial charge in [0.05, 0.1) is 0 Å². The minimum absolute atomic E-state index is 0.683. The third-order valence-electron chi connectivity index (χ3n) is 3.64. The summed E-state index contributed by atoms with van der Waals surface area (Å²) >= 11 is 1.64. The van der Waals surface area contributed by atoms with Crippen molar-refractivity contribution in [2.75, 3.05) is 18.4 Å². The Morgan fingerprint density at radius 1 is 1.38 bits per heavy atom. The van der Waals surface area contributed by atoms with Crippen LogP contribution in [0.4, 0.5) is 10.9 Å². The smallest absolute Gasteiger partial charge is 0.188 e. The van der Waals surface area contributed by atoms with Crippen LogP contribution in [-0.2, 0) is 6.42 Å². The molecule has 1 unspecified atom stereocenters. The summed E-state index contributed by atoms with van der Waals surface area (Å²) in [6.45, 7) is 6.24. The predicted octanol–water partition coefficient (Wildman–Crippen LogP) is 2.84. The monoisotopic (exact) mass is 303 g/mol. The Morgan fingerprint density at radius 3 is 3.00 bits per heavy atom. The molecule has 1 aliphatic rings. The van der Waals surface area contributed by atoms with Crippen LogP contribution in [0.25, 0.3) is 0 Å². The molecule has 1 atom stereocenters. The SMILES string of the molecule is Cc1nc(CC2CCCNC2)cc(Nc2ncc(C)s2)n1. The van der Waals surface area contributed by atoms with E-state index in [1.54, 1.807) is 11.3 Å². The number of rotatable bonds is 4. The van der Waals surface area contributed by atoms with E-state index in [9.17, 15) is 0 Å². The van der Waals surface area contributed by atoms with Crippen molar-refractivity contribution in [2.45, 2.75) is 33.1 Å². The molecule has 0 aliphatic carbocycles. The summed E-state index contributed by atoms with van der Waals surface area (Å²) in [4.78, 5) is 14.6. The summed E-state index contributed by atoms with van der Waals surface area (Å²) < 4.78 is 0. The molecule has 3 heterocycles. The maximum Gasteiger partial charge on any atom is 0.188 e. The second-order valence-corrected chi connectivity index (χ2v) is 6.84. The Kier molecular flexibility index (Phi) is 4.45. The number of anilines is 2. The first-order valence-corrected chi connectivity index (χ1v) is 8.25. The standard InChI is InChI=1S/C15H21N5S/c1-10-8-17-15(21-10)20-14-7-13(18-11(2)19-14)6-12-4-3-5-16-9-12/h7-8,12,16H,3-6,9H2,1-2H3,(H,17,18,19,20). The van der Waals surface area contributed by atoms with Crippen LogP contribution in [-0.4, -0.2) is 28.0 Å². The van der Waals surface area contributed by atoms with Crippen LogP contribution in [0, 0.1) is 19.8 Å². The van der Waals surface area contributed by atoms with Crippen molar-refractivity contribution in [1.29, 1.82) is 0 Å². The number of hydrogen-bond donors (Lipinski definition) is 2. The van der Waals surface area contributed by atoms with Gasteiger partial charge >= 0.3 is 0 Å². The average molecular weight is 303 g/mol. The van der Waals surface area contributed by atoms with Gasteiger partial charge in [-0.15, -0.1) is 11.3 Å². The molecule has 0 amide bonds. The van der Waals surface area contributed by atoms with Crippen LogP contribution in [0.2, 0.25) is 0 Å². The molecular formula is C15H21N5S. The lowest BCUT2D eigenvalue weighted by molar-refractivity contribution is 0.373. The normalized spacial score (nSPS) is 18.7. The van der Waals surface area contributed by atoms with Crippen LogP contribution < -0.4 is 10.6 Å². The molecule has 0 radical (unpaired) electrons. The maximum absolute atomic E-state index is 4.58. The highest BCUT2D eigenvalue weighted by Crippen LogP contribution is 2.22. The lowest BCUT2D eigenvalue weighted by Crippen LogP contribution is -2.31. The largest absolute Gasteiger partial charge is 0.316 e. The van der Waals surface area contributed by atoms with Gasteiger partial charge < -0.3 is 10.6 Å². The zero-order chi connectivity index (χ0) is 14.7. The molecule has 6 heteroatoms. The van der Waals surface area contributed by atoms with Crippen LogP contribution in [0.1, 0.15) is 29.2 Å². The molecule has 112 valence electrons. The van der Waals surface area contributed by atoms with Crippen molar-refractivity contribution in [1.82, 2.24) is 20.3 Å². The van der Waals surface area contributed by atoms with Crippen molar-refractivity contribution in [3.05, 3.63) is 28.7 Å². The van der Waals surface area contributed by atoms with Gasteiger partial charge in [-0.25, -0.2) is 15.0 Å². The van der Waals surface area contributed by atoms with Gasteiger partial charge in [0.15, 0.2) is 5.13 Å². The first-order chi connectivity index (χ1) is 10.2. The minimum atomic E-state index is 0.683. The van der Waals surface area contributed by atoms with E-state index in [4.69, 9.17) is 0 Å². The first-order valence-electron chi connectivity index (χ1n) is 7.44. The van der Waals surface area contributed by atoms with E-state index in [0.717, 1.165) is 42.0 Å². The number of nitrogens with one attached hydrogen (secondary N) is 2. The topological polar surface area (TPSA) is 62.7 Å². The highest BCUT2D eigenvalue weighted by molar-refractivity contribution is 7.15. The molecule has 21 heavy (non-hydrogen) atoms. The van der Waals surface area contributed by atoms with E-state index in [1.807, 2.05) is 13.1 Å². The van der Waals surface area contributed by atoms with E-state index in [2.05, 4.69) is 38.6 Å². The summed E-state index contributed by atoms with van der Waals surface area (Å²) in [7, 11) is 0. The Morgan fingerprint density at radius 2 is 2.29 bits per heavy atom. The van der Waals surface area contributed by atoms with Gasteiger partial charge in [-0.3, -0.25) is 0 Å². The highest BCUT2D eigenvalue weighted by atomic mass is 32.1. The summed E-state index contributed by atoms with van der Waals surface area (Å²) in [6.07, 6.45) is 5.43. The fourth-order valence-corrected chi connectivity index (χ4v) is 3.39. The second kappa shape index (κ2) is 6.49. The van der Waals surface area contributed by atoms with E-state index < -0.39 is 0 Å². The average Bonchev–Trinajstić information content (AvgIpc) is 2.84. The van der Waals surface area contributed by atoms with Crippen molar-refractivity contribution in [3.8, 4) is 0 Å². The maximum atomic E-state index is 4.58. The Hall–Kier alpha value is -1.53. The van der Waals surface area contributed by atoms with Crippen molar-refractivity contribution in [3.63, 3.8) is 0 Å². The van der Waals surface area contributed by atoms with Crippen molar-refractivity contribution < 1.29 is 0 Å². The zero-order valence-electron chi connectivity index (χ0n) is 12.5. The zero-order valence-corrected chi connectivity index (χ0v) is 13.3. The number of nitrogens with zero attached hydrogens (tertiary/aromatic N) is 3. The molecule has 3 rings (SSSR count). The van der Waals surface area contributed by atoms with Gasteiger partial charge in [0, 0.05) is 22.8 Å². The lowest BCUT2D eigenvalue weighted by atomic mass is 9.94. The van der Waals surface area contributed by atoms with Crippen LogP contribution in [0.5, 0.6) is 0 Å². The molecule has 2 aromatic heterocycles. The molecule has 0 saturated carbocycles. The number of hydrogen-bond acceptors (Lipinski definition) is 6. The summed E-state index contributed by atoms with van der Waals surface area (Å²) in [5.74, 6) is 2.34. The van der Waals surface area contributed by atoms with E-state index >= 15 is 0 Å². The van der Waals surface area contributed by atoms with Crippen molar-refractivity contribution >= 4 is 22.3 Å². The number of thiazole rings is 1. The van der Waals surface area contributed by atoms with Crippen LogP contribution in [0.15, 0.2) is 12.3 Å². The fraction of sp³-hybridized carbons (Fsp3) is 0.533. The fourth-order valence-electron chi connectivity index (χ4n) is 2.71. The van der Waals surface area contributed by atoms with Gasteiger partial charge in [-0.05, 0) is 52.1 Å². The molecular weight excluding hydrogens is 282 g/mol. The van der Waals surface area contributed by atoms with Gasteiger partial charge in [0.25, 0.3) is 0 Å². The minimum Gasteiger partial charge on any atom is -0.316 e. The molecule has 2 aromatic rings.